The summed E-state index contributed by atoms with van der Waals surface area (Å²) in [5.41, 5.74) is 1.12. The molecule has 2 atom stereocenters. The number of carbonyl (C=O) groups excluding carboxylic acids is 4. The molecule has 0 aliphatic carbocycles. The zero-order valence-electron chi connectivity index (χ0n) is 20.1. The van der Waals surface area contributed by atoms with Crippen molar-refractivity contribution in [2.75, 3.05) is 30.5 Å². The van der Waals surface area contributed by atoms with Gasteiger partial charge in [-0.1, -0.05) is 39.3 Å². The van der Waals surface area contributed by atoms with Gasteiger partial charge in [0.2, 0.25) is 18.2 Å². The maximum Gasteiger partial charge on any atom is 0.306 e. The number of hydrogen-bond donors (Lipinski definition) is 1. The molecule has 2 unspecified atom stereocenters. The molecule has 0 aliphatic heterocycles. The Morgan fingerprint density at radius 1 is 1.09 bits per heavy atom. The van der Waals surface area contributed by atoms with Gasteiger partial charge in [0, 0.05) is 20.0 Å². The van der Waals surface area contributed by atoms with Crippen LogP contribution in [-0.4, -0.2) is 50.9 Å². The zero-order valence-corrected chi connectivity index (χ0v) is 20.1. The number of rotatable bonds is 13. The molecular weight excluding hydrogens is 410 g/mol. The van der Waals surface area contributed by atoms with Crippen LogP contribution in [-0.2, 0) is 23.9 Å². The number of para-hydroxylation sites is 2. The van der Waals surface area contributed by atoms with Crippen molar-refractivity contribution in [1.29, 1.82) is 0 Å². The van der Waals surface area contributed by atoms with Crippen molar-refractivity contribution in [3.05, 3.63) is 24.3 Å². The van der Waals surface area contributed by atoms with Crippen molar-refractivity contribution in [3.63, 3.8) is 0 Å². The number of likely N-dealkylation sites (N-methyl/N-ethyl adjacent to an activating group) is 1. The molecule has 178 valence electrons. The molecule has 1 aromatic rings. The first kappa shape index (κ1) is 27.1. The minimum Gasteiger partial charge on any atom is -0.466 e. The van der Waals surface area contributed by atoms with Crippen molar-refractivity contribution in [3.8, 4) is 0 Å². The van der Waals surface area contributed by atoms with Crippen molar-refractivity contribution >= 4 is 35.6 Å². The predicted octanol–water partition coefficient (Wildman–Crippen LogP) is 3.14. The number of carbonyl (C=O) groups is 4. The van der Waals surface area contributed by atoms with Crippen LogP contribution in [0.4, 0.5) is 11.4 Å². The van der Waals surface area contributed by atoms with E-state index in [1.807, 2.05) is 20.8 Å². The first-order valence-electron chi connectivity index (χ1n) is 11.1. The van der Waals surface area contributed by atoms with Crippen molar-refractivity contribution in [2.24, 2.45) is 11.8 Å². The lowest BCUT2D eigenvalue weighted by Gasteiger charge is -2.27. The van der Waals surface area contributed by atoms with E-state index < -0.39 is 17.9 Å². The molecule has 1 rings (SSSR count). The Morgan fingerprint density at radius 2 is 1.72 bits per heavy atom. The maximum atomic E-state index is 13.0. The van der Waals surface area contributed by atoms with Gasteiger partial charge in [0.1, 0.15) is 6.04 Å². The minimum absolute atomic E-state index is 0.0164. The van der Waals surface area contributed by atoms with Crippen LogP contribution in [0.3, 0.4) is 0 Å². The summed E-state index contributed by atoms with van der Waals surface area (Å²) in [6.07, 6.45) is 2.86. The molecule has 0 aromatic heterocycles. The van der Waals surface area contributed by atoms with Crippen molar-refractivity contribution < 1.29 is 23.9 Å². The number of anilines is 2. The Balaban J connectivity index is 2.87. The molecule has 1 aromatic carbocycles. The van der Waals surface area contributed by atoms with E-state index in [2.05, 4.69) is 5.32 Å². The molecule has 0 bridgehead atoms. The summed E-state index contributed by atoms with van der Waals surface area (Å²) in [4.78, 5) is 52.0. The standard InChI is InChI=1S/C24H37N3O5/c1-7-8-13-32-22(29)15-19(14-17(2)3)23(30)25-18(4)24(31)27(6)21-12-10-9-11-20(21)26(5)16-28/h9-12,16-19H,7-8,13-15H2,1-6H3,(H,25,30). The van der Waals surface area contributed by atoms with E-state index in [1.54, 1.807) is 45.3 Å². The Labute approximate surface area is 191 Å². The first-order chi connectivity index (χ1) is 15.1. The van der Waals surface area contributed by atoms with Crippen LogP contribution >= 0.6 is 0 Å². The van der Waals surface area contributed by atoms with Crippen molar-refractivity contribution in [1.82, 2.24) is 5.32 Å². The fourth-order valence-electron chi connectivity index (χ4n) is 3.35. The number of hydrogen-bond acceptors (Lipinski definition) is 5. The molecule has 3 amide bonds. The van der Waals surface area contributed by atoms with Gasteiger partial charge in [0.25, 0.3) is 0 Å². The average molecular weight is 448 g/mol. The molecule has 32 heavy (non-hydrogen) atoms. The van der Waals surface area contributed by atoms with Crippen LogP contribution in [0, 0.1) is 11.8 Å². The van der Waals surface area contributed by atoms with Gasteiger partial charge < -0.3 is 19.9 Å². The fourth-order valence-corrected chi connectivity index (χ4v) is 3.35. The summed E-state index contributed by atoms with van der Waals surface area (Å²) in [6.45, 7) is 7.92. The molecule has 8 nitrogen and oxygen atoms in total. The summed E-state index contributed by atoms with van der Waals surface area (Å²) in [5.74, 6) is -1.45. The van der Waals surface area contributed by atoms with E-state index in [9.17, 15) is 19.2 Å². The van der Waals surface area contributed by atoms with E-state index >= 15 is 0 Å². The summed E-state index contributed by atoms with van der Waals surface area (Å²) >= 11 is 0. The zero-order chi connectivity index (χ0) is 24.3. The number of esters is 1. The van der Waals surface area contributed by atoms with Crippen LogP contribution in [0.25, 0.3) is 0 Å². The second-order valence-electron chi connectivity index (χ2n) is 8.44. The van der Waals surface area contributed by atoms with E-state index in [0.717, 1.165) is 12.8 Å². The SMILES string of the molecule is CCCCOC(=O)CC(CC(C)C)C(=O)NC(C)C(=O)N(C)c1ccccc1N(C)C=O. The fraction of sp³-hybridized carbons (Fsp3) is 0.583. The largest absolute Gasteiger partial charge is 0.466 e. The summed E-state index contributed by atoms with van der Waals surface area (Å²) in [6, 6.07) is 6.20. The first-order valence-corrected chi connectivity index (χ1v) is 11.1. The Morgan fingerprint density at radius 3 is 2.28 bits per heavy atom. The number of nitrogens with zero attached hydrogens (tertiary/aromatic N) is 2. The van der Waals surface area contributed by atoms with Crippen LogP contribution in [0.1, 0.15) is 53.4 Å². The van der Waals surface area contributed by atoms with Crippen LogP contribution < -0.4 is 15.1 Å². The highest BCUT2D eigenvalue weighted by atomic mass is 16.5. The lowest BCUT2D eigenvalue weighted by atomic mass is 9.93. The third kappa shape index (κ3) is 8.32. The van der Waals surface area contributed by atoms with Gasteiger partial charge >= 0.3 is 5.97 Å². The number of benzene rings is 1. The minimum atomic E-state index is -0.812. The Bertz CT molecular complexity index is 781. The highest BCUT2D eigenvalue weighted by Gasteiger charge is 2.28. The molecule has 0 spiro atoms. The Hall–Kier alpha value is -2.90. The molecule has 0 saturated carbocycles. The van der Waals surface area contributed by atoms with E-state index in [1.165, 1.54) is 9.80 Å². The van der Waals surface area contributed by atoms with Gasteiger partial charge in [-0.3, -0.25) is 19.2 Å². The number of unbranched alkanes of at least 4 members (excludes halogenated alkanes) is 1. The maximum absolute atomic E-state index is 13.0. The lowest BCUT2D eigenvalue weighted by Crippen LogP contribution is -2.48. The van der Waals surface area contributed by atoms with Gasteiger partial charge in [0.05, 0.1) is 24.4 Å². The Kier molecular flexibility index (Phi) is 11.4. The monoisotopic (exact) mass is 447 g/mol. The molecular formula is C24H37N3O5. The molecule has 0 fully saturated rings. The normalized spacial score (nSPS) is 12.6. The summed E-state index contributed by atoms with van der Waals surface area (Å²) in [7, 11) is 3.20. The van der Waals surface area contributed by atoms with Gasteiger partial charge in [-0.2, -0.15) is 0 Å². The highest BCUT2D eigenvalue weighted by molar-refractivity contribution is 6.02. The van der Waals surface area contributed by atoms with E-state index in [0.29, 0.717) is 30.8 Å². The molecule has 0 saturated heterocycles. The van der Waals surface area contributed by atoms with E-state index in [-0.39, 0.29) is 24.2 Å². The smallest absolute Gasteiger partial charge is 0.306 e. The number of amides is 3. The summed E-state index contributed by atoms with van der Waals surface area (Å²) < 4.78 is 5.21. The number of nitrogens with one attached hydrogen (secondary N) is 1. The van der Waals surface area contributed by atoms with Gasteiger partial charge in [0.15, 0.2) is 0 Å². The average Bonchev–Trinajstić information content (AvgIpc) is 2.76. The second kappa shape index (κ2) is 13.5. The van der Waals surface area contributed by atoms with Crippen LogP contribution in [0.2, 0.25) is 0 Å². The molecule has 8 heteroatoms. The summed E-state index contributed by atoms with van der Waals surface area (Å²) in [5, 5.41) is 2.75. The highest BCUT2D eigenvalue weighted by Crippen LogP contribution is 2.27. The quantitative estimate of drug-likeness (QED) is 0.285. The molecule has 1 N–H and O–H groups in total. The van der Waals surface area contributed by atoms with Gasteiger partial charge in [-0.25, -0.2) is 0 Å². The number of ether oxygens (including phenoxy) is 1. The van der Waals surface area contributed by atoms with Gasteiger partial charge in [-0.05, 0) is 37.8 Å². The molecule has 0 heterocycles. The van der Waals surface area contributed by atoms with Crippen LogP contribution in [0.5, 0.6) is 0 Å². The third-order valence-electron chi connectivity index (χ3n) is 5.14. The van der Waals surface area contributed by atoms with E-state index in [4.69, 9.17) is 4.74 Å². The third-order valence-corrected chi connectivity index (χ3v) is 5.14. The molecule has 0 radical (unpaired) electrons. The predicted molar refractivity (Wildman–Crippen MR) is 125 cm³/mol. The lowest BCUT2D eigenvalue weighted by molar-refractivity contribution is -0.147. The topological polar surface area (TPSA) is 96.0 Å². The van der Waals surface area contributed by atoms with Crippen LogP contribution in [0.15, 0.2) is 24.3 Å². The van der Waals surface area contributed by atoms with Crippen molar-refractivity contribution in [2.45, 2.75) is 59.4 Å². The second-order valence-corrected chi connectivity index (χ2v) is 8.44. The van der Waals surface area contributed by atoms with Gasteiger partial charge in [-0.15, -0.1) is 0 Å². The molecule has 0 aliphatic rings.